The van der Waals surface area contributed by atoms with Gasteiger partial charge in [-0.05, 0) is 63.9 Å². The summed E-state index contributed by atoms with van der Waals surface area (Å²) in [6, 6.07) is 14.6. The molecule has 3 fully saturated rings. The molecule has 1 aromatic heterocycles. The van der Waals surface area contributed by atoms with Crippen molar-refractivity contribution >= 4 is 22.9 Å². The summed E-state index contributed by atoms with van der Waals surface area (Å²) in [6.45, 7) is 5.19. The first-order valence-electron chi connectivity index (χ1n) is 10.4. The molecule has 29 heavy (non-hydrogen) atoms. The summed E-state index contributed by atoms with van der Waals surface area (Å²) in [6.07, 6.45) is 3.07. The lowest BCUT2D eigenvalue weighted by Gasteiger charge is -2.33. The molecule has 5 heteroatoms. The van der Waals surface area contributed by atoms with Crippen LogP contribution in [-0.4, -0.2) is 40.1 Å². The van der Waals surface area contributed by atoms with Gasteiger partial charge in [0.25, 0.3) is 0 Å². The molecule has 1 amide bonds. The van der Waals surface area contributed by atoms with Crippen LogP contribution in [0.4, 0.5) is 5.69 Å². The Morgan fingerprint density at radius 3 is 2.76 bits per heavy atom. The van der Waals surface area contributed by atoms with Gasteiger partial charge in [0.15, 0.2) is 0 Å². The number of carbonyl (C=O) groups is 1. The molecule has 4 heterocycles. The third-order valence-electron chi connectivity index (χ3n) is 6.56. The van der Waals surface area contributed by atoms with Gasteiger partial charge in [0.1, 0.15) is 11.1 Å². The smallest absolute Gasteiger partial charge is 0.247 e. The Balaban J connectivity index is 1.43. The zero-order valence-electron chi connectivity index (χ0n) is 16.9. The molecule has 1 spiro atoms. The first-order valence-corrected chi connectivity index (χ1v) is 11.2. The van der Waals surface area contributed by atoms with Gasteiger partial charge in [0.2, 0.25) is 5.91 Å². The quantitative estimate of drug-likeness (QED) is 0.772. The molecule has 0 saturated carbocycles. The van der Waals surface area contributed by atoms with Gasteiger partial charge >= 0.3 is 0 Å². The fraction of sp³-hybridized carbons (Fsp3) is 0.458. The largest absolute Gasteiger partial charge is 0.378 e. The summed E-state index contributed by atoms with van der Waals surface area (Å²) in [5.41, 5.74) is -0.297. The van der Waals surface area contributed by atoms with E-state index in [9.17, 15) is 9.90 Å². The van der Waals surface area contributed by atoms with Crippen LogP contribution in [0.25, 0.3) is 0 Å². The van der Waals surface area contributed by atoms with E-state index in [1.54, 1.807) is 25.2 Å². The number of hydrogen-bond acceptors (Lipinski definition) is 4. The third-order valence-corrected chi connectivity index (χ3v) is 7.66. The van der Waals surface area contributed by atoms with Crippen LogP contribution < -0.4 is 4.90 Å². The Bertz CT molecular complexity index is 997. The summed E-state index contributed by atoms with van der Waals surface area (Å²) in [4.78, 5) is 20.4. The van der Waals surface area contributed by atoms with Crippen LogP contribution in [0.1, 0.15) is 48.9 Å². The monoisotopic (exact) mass is 406 g/mol. The molecule has 0 bridgehead atoms. The van der Waals surface area contributed by atoms with Crippen LogP contribution in [0.3, 0.4) is 0 Å². The normalized spacial score (nSPS) is 28.9. The molecule has 0 radical (unpaired) electrons. The number of para-hydroxylation sites is 1. The summed E-state index contributed by atoms with van der Waals surface area (Å²) < 4.78 is 0. The van der Waals surface area contributed by atoms with Gasteiger partial charge < -0.3 is 10.0 Å². The van der Waals surface area contributed by atoms with Crippen LogP contribution >= 0.6 is 11.3 Å². The topological polar surface area (TPSA) is 43.8 Å². The first kappa shape index (κ1) is 18.9. The van der Waals surface area contributed by atoms with E-state index in [2.05, 4.69) is 22.8 Å². The lowest BCUT2D eigenvalue weighted by Crippen LogP contribution is -2.49. The third kappa shape index (κ3) is 3.02. The first-order chi connectivity index (χ1) is 13.9. The average molecular weight is 407 g/mol. The van der Waals surface area contributed by atoms with Gasteiger partial charge in [-0.2, -0.15) is 0 Å². The maximum Gasteiger partial charge on any atom is 0.247 e. The van der Waals surface area contributed by atoms with Gasteiger partial charge in [0, 0.05) is 29.1 Å². The van der Waals surface area contributed by atoms with Crippen molar-refractivity contribution in [1.82, 2.24) is 4.90 Å². The minimum absolute atomic E-state index is 0.285. The maximum atomic E-state index is 13.6. The van der Waals surface area contributed by atoms with Crippen molar-refractivity contribution in [2.75, 3.05) is 18.0 Å². The molecule has 5 rings (SSSR count). The highest BCUT2D eigenvalue weighted by Gasteiger charge is 2.65. The number of carbonyl (C=O) groups excluding carboxylic acids is 1. The van der Waals surface area contributed by atoms with Gasteiger partial charge in [-0.3, -0.25) is 9.69 Å². The van der Waals surface area contributed by atoms with E-state index in [1.807, 2.05) is 41.3 Å². The molecule has 150 valence electrons. The minimum Gasteiger partial charge on any atom is -0.378 e. The van der Waals surface area contributed by atoms with Crippen molar-refractivity contribution in [3.05, 3.63) is 52.2 Å². The summed E-state index contributed by atoms with van der Waals surface area (Å²) in [5, 5.41) is 9.86. The predicted molar refractivity (Wildman–Crippen MR) is 116 cm³/mol. The predicted octanol–water partition coefficient (Wildman–Crippen LogP) is 3.81. The molecule has 2 aromatic rings. The van der Waals surface area contributed by atoms with Crippen LogP contribution in [0.5, 0.6) is 0 Å². The Morgan fingerprint density at radius 2 is 2.00 bits per heavy atom. The number of thiophene rings is 1. The van der Waals surface area contributed by atoms with E-state index >= 15 is 0 Å². The van der Waals surface area contributed by atoms with Gasteiger partial charge in [-0.15, -0.1) is 11.3 Å². The van der Waals surface area contributed by atoms with Crippen LogP contribution in [-0.2, 0) is 4.79 Å². The fourth-order valence-corrected chi connectivity index (χ4v) is 6.39. The Morgan fingerprint density at radius 1 is 1.21 bits per heavy atom. The lowest BCUT2D eigenvalue weighted by molar-refractivity contribution is -0.126. The molecule has 1 N–H and O–H groups in total. The zero-order chi connectivity index (χ0) is 20.2. The summed E-state index contributed by atoms with van der Waals surface area (Å²) in [5.74, 6) is 6.65. The number of hydrogen-bond donors (Lipinski definition) is 1. The van der Waals surface area contributed by atoms with Crippen LogP contribution in [0.2, 0.25) is 0 Å². The molecular formula is C24H26N2O2S. The zero-order valence-corrected chi connectivity index (χ0v) is 17.7. The van der Waals surface area contributed by atoms with E-state index < -0.39 is 5.60 Å². The molecule has 3 saturated heterocycles. The van der Waals surface area contributed by atoms with Crippen molar-refractivity contribution in [2.45, 2.75) is 50.3 Å². The lowest BCUT2D eigenvalue weighted by atomic mass is 9.85. The maximum absolute atomic E-state index is 13.6. The molecule has 1 aromatic carbocycles. The average Bonchev–Trinajstić information content (AvgIpc) is 3.43. The highest BCUT2D eigenvalue weighted by molar-refractivity contribution is 7.12. The van der Waals surface area contributed by atoms with Crippen LogP contribution in [0.15, 0.2) is 42.5 Å². The number of benzene rings is 1. The second-order valence-electron chi connectivity index (χ2n) is 8.93. The molecule has 3 atom stereocenters. The van der Waals surface area contributed by atoms with E-state index in [-0.39, 0.29) is 11.4 Å². The van der Waals surface area contributed by atoms with Crippen molar-refractivity contribution < 1.29 is 9.90 Å². The number of anilines is 1. The molecule has 3 aliphatic rings. The number of amides is 1. The van der Waals surface area contributed by atoms with Gasteiger partial charge in [-0.1, -0.05) is 30.0 Å². The number of aliphatic hydroxyl groups is 1. The number of rotatable bonds is 2. The molecule has 4 nitrogen and oxygen atoms in total. The second-order valence-corrected chi connectivity index (χ2v) is 10.0. The van der Waals surface area contributed by atoms with Crippen molar-refractivity contribution in [3.8, 4) is 11.8 Å². The van der Waals surface area contributed by atoms with Crippen molar-refractivity contribution in [1.29, 1.82) is 0 Å². The fourth-order valence-electron chi connectivity index (χ4n) is 5.41. The van der Waals surface area contributed by atoms with Gasteiger partial charge in [-0.25, -0.2) is 0 Å². The minimum atomic E-state index is -0.985. The van der Waals surface area contributed by atoms with Gasteiger partial charge in [0.05, 0.1) is 4.88 Å². The molecular weight excluding hydrogens is 380 g/mol. The second kappa shape index (κ2) is 6.70. The number of nitrogens with zero attached hydrogens (tertiary/aromatic N) is 2. The van der Waals surface area contributed by atoms with Crippen molar-refractivity contribution in [2.24, 2.45) is 5.92 Å². The SMILES string of the molecule is CC(C)(O)C#Cc1ccc([C@@H]2C[C@H]3CN(c4ccccc4)C(=O)[C@]34CCCN24)s1. The standard InChI is InChI=1S/C24H26N2O2S/c1-23(2,28)13-11-19-9-10-21(29-19)20-15-17-16-25(18-7-4-3-5-8-18)22(27)24(17)12-6-14-26(20)24/h3-5,7-10,17,20,28H,6,12,14-16H2,1-2H3/t17-,20-,24-/m0/s1. The molecule has 3 aliphatic heterocycles. The van der Waals surface area contributed by atoms with E-state index in [1.165, 1.54) is 4.88 Å². The summed E-state index contributed by atoms with van der Waals surface area (Å²) in [7, 11) is 0. The van der Waals surface area contributed by atoms with Crippen molar-refractivity contribution in [3.63, 3.8) is 0 Å². The van der Waals surface area contributed by atoms with E-state index in [0.717, 1.165) is 42.9 Å². The highest BCUT2D eigenvalue weighted by Crippen LogP contribution is 2.57. The van der Waals surface area contributed by atoms with E-state index in [4.69, 9.17) is 0 Å². The Labute approximate surface area is 176 Å². The van der Waals surface area contributed by atoms with Crippen LogP contribution in [0, 0.1) is 17.8 Å². The Kier molecular flexibility index (Phi) is 4.36. The Hall–Kier alpha value is -2.13. The molecule has 0 unspecified atom stereocenters. The summed E-state index contributed by atoms with van der Waals surface area (Å²) >= 11 is 1.70. The molecule has 0 aliphatic carbocycles. The van der Waals surface area contributed by atoms with E-state index in [0.29, 0.717) is 12.0 Å². The highest BCUT2D eigenvalue weighted by atomic mass is 32.1.